The Bertz CT molecular complexity index is 780. The van der Waals surface area contributed by atoms with E-state index < -0.39 is 23.9 Å². The predicted molar refractivity (Wildman–Crippen MR) is 107 cm³/mol. The molecule has 33 heavy (non-hydrogen) atoms. The second-order valence-corrected chi connectivity index (χ2v) is 6.44. The van der Waals surface area contributed by atoms with Crippen molar-refractivity contribution in [2.45, 2.75) is 0 Å². The molecular weight excluding hydrogens is 438 g/mol. The molecular formula is C21H23N3O9-4. The van der Waals surface area contributed by atoms with E-state index in [4.69, 9.17) is 0 Å². The van der Waals surface area contributed by atoms with Crippen LogP contribution in [0.25, 0.3) is 0 Å². The molecule has 0 aliphatic carbocycles. The zero-order valence-electron chi connectivity index (χ0n) is 17.8. The van der Waals surface area contributed by atoms with Crippen LogP contribution in [0.3, 0.4) is 0 Å². The molecule has 1 saturated heterocycles. The molecule has 12 nitrogen and oxygen atoms in total. The number of carbonyl (C=O) groups is 5. The highest BCUT2D eigenvalue weighted by Gasteiger charge is 2.16. The van der Waals surface area contributed by atoms with Gasteiger partial charge >= 0.3 is 0 Å². The van der Waals surface area contributed by atoms with E-state index in [0.29, 0.717) is 30.8 Å². The number of rotatable bonds is 7. The number of carboxylic acids is 4. The van der Waals surface area contributed by atoms with E-state index in [1.165, 1.54) is 0 Å². The van der Waals surface area contributed by atoms with Gasteiger partial charge in [-0.25, -0.2) is 0 Å². The van der Waals surface area contributed by atoms with E-state index in [9.17, 15) is 44.4 Å². The third kappa shape index (κ3) is 18.5. The Morgan fingerprint density at radius 1 is 0.758 bits per heavy atom. The lowest BCUT2D eigenvalue weighted by Crippen LogP contribution is -2.47. The van der Waals surface area contributed by atoms with Gasteiger partial charge in [0.25, 0.3) is 0 Å². The van der Waals surface area contributed by atoms with Crippen LogP contribution in [0.5, 0.6) is 0 Å². The van der Waals surface area contributed by atoms with Crippen LogP contribution in [-0.4, -0.2) is 79.4 Å². The Morgan fingerprint density at radius 2 is 1.15 bits per heavy atom. The Morgan fingerprint density at radius 3 is 1.52 bits per heavy atom. The summed E-state index contributed by atoms with van der Waals surface area (Å²) in [6.07, 6.45) is 1.54. The number of hydrogen-bond acceptors (Lipinski definition) is 11. The molecule has 0 unspecified atom stereocenters. The highest BCUT2D eigenvalue weighted by atomic mass is 16.4. The van der Waals surface area contributed by atoms with Gasteiger partial charge in [0.15, 0.2) is 0 Å². The first-order valence-corrected chi connectivity index (χ1v) is 9.45. The Labute approximate surface area is 190 Å². The molecule has 0 radical (unpaired) electrons. The van der Waals surface area contributed by atoms with Crippen LogP contribution in [0.2, 0.25) is 0 Å². The molecule has 1 aliphatic heterocycles. The van der Waals surface area contributed by atoms with Gasteiger partial charge in [0.1, 0.15) is 0 Å². The summed E-state index contributed by atoms with van der Waals surface area (Å²) < 4.78 is 0. The smallest absolute Gasteiger partial charge is 0.238 e. The molecule has 1 fully saturated rings. The summed E-state index contributed by atoms with van der Waals surface area (Å²) in [5, 5.41) is 40.6. The molecule has 0 atom stereocenters. The zero-order chi connectivity index (χ0) is 25.2. The van der Waals surface area contributed by atoms with Crippen molar-refractivity contribution in [1.29, 1.82) is 0 Å². The molecule has 0 aromatic heterocycles. The first-order chi connectivity index (χ1) is 15.5. The first-order valence-electron chi connectivity index (χ1n) is 9.45. The van der Waals surface area contributed by atoms with Crippen LogP contribution in [0.1, 0.15) is 0 Å². The highest BCUT2D eigenvalue weighted by Crippen LogP contribution is 2.05. The normalized spacial score (nSPS) is 13.8. The number of amides is 1. The quantitative estimate of drug-likeness (QED) is 0.381. The largest absolute Gasteiger partial charge is 0.545 e. The van der Waals surface area contributed by atoms with Crippen LogP contribution in [-0.2, 0) is 24.0 Å². The summed E-state index contributed by atoms with van der Waals surface area (Å²) in [7, 11) is 2.11. The van der Waals surface area contributed by atoms with Crippen molar-refractivity contribution in [1.82, 2.24) is 9.80 Å². The molecule has 1 aromatic rings. The standard InChI is InChI=1S/C13H19N3O.2C4H4O4/c1-15-7-9-16(10-8-15)11-13(17)14-12-5-3-2-4-6-12;2*5-3(6)1-2-4(7)8/h2-6H,7-11H2,1H3,(H,14,17);2*1-2H,(H,5,6)(H,7,8)/p-4/b;2*2-1-. The fraction of sp³-hybridized carbons (Fsp3) is 0.286. The van der Waals surface area contributed by atoms with Gasteiger partial charge in [0.2, 0.25) is 5.91 Å². The maximum atomic E-state index is 11.8. The summed E-state index contributed by atoms with van der Waals surface area (Å²) in [6.45, 7) is 4.51. The lowest BCUT2D eigenvalue weighted by molar-refractivity contribution is -0.301. The highest BCUT2D eigenvalue weighted by molar-refractivity contribution is 5.92. The molecule has 2 rings (SSSR count). The van der Waals surface area contributed by atoms with Crippen LogP contribution < -0.4 is 25.7 Å². The Kier molecular flexibility index (Phi) is 14.6. The average Bonchev–Trinajstić information content (AvgIpc) is 2.74. The molecule has 12 heteroatoms. The number of anilines is 1. The number of nitrogens with zero attached hydrogens (tertiary/aromatic N) is 2. The zero-order valence-corrected chi connectivity index (χ0v) is 17.8. The SMILES string of the molecule is CN1CCN(CC(=O)Nc2ccccc2)CC1.O=C([O-])/C=C\C(=O)[O-].O=C([O-])/C=C\C(=O)[O-]. The minimum absolute atomic E-state index is 0.0701. The summed E-state index contributed by atoms with van der Waals surface area (Å²) >= 11 is 0. The summed E-state index contributed by atoms with van der Waals surface area (Å²) in [5.41, 5.74) is 0.867. The minimum atomic E-state index is -1.55. The van der Waals surface area contributed by atoms with E-state index in [-0.39, 0.29) is 5.91 Å². The molecule has 1 amide bonds. The van der Waals surface area contributed by atoms with Gasteiger partial charge in [-0.3, -0.25) is 9.69 Å². The minimum Gasteiger partial charge on any atom is -0.545 e. The third-order valence-electron chi connectivity index (χ3n) is 3.73. The van der Waals surface area contributed by atoms with Crippen LogP contribution in [0.4, 0.5) is 5.69 Å². The maximum Gasteiger partial charge on any atom is 0.238 e. The first kappa shape index (κ1) is 29.0. The number of aliphatic carboxylic acids is 4. The second-order valence-electron chi connectivity index (χ2n) is 6.44. The molecule has 180 valence electrons. The third-order valence-corrected chi connectivity index (χ3v) is 3.73. The monoisotopic (exact) mass is 461 g/mol. The van der Waals surface area contributed by atoms with Crippen molar-refractivity contribution < 1.29 is 44.4 Å². The predicted octanol–water partition coefficient (Wildman–Crippen LogP) is -5.04. The number of hydrogen-bond donors (Lipinski definition) is 1. The van der Waals surface area contributed by atoms with E-state index in [1.54, 1.807) is 0 Å². The fourth-order valence-electron chi connectivity index (χ4n) is 2.20. The molecule has 1 N–H and O–H groups in total. The lowest BCUT2D eigenvalue weighted by atomic mass is 10.3. The van der Waals surface area contributed by atoms with E-state index >= 15 is 0 Å². The maximum absolute atomic E-state index is 11.8. The Balaban J connectivity index is 0.000000539. The van der Waals surface area contributed by atoms with Gasteiger partial charge < -0.3 is 49.8 Å². The molecule has 0 spiro atoms. The van der Waals surface area contributed by atoms with Gasteiger partial charge in [-0.1, -0.05) is 18.2 Å². The molecule has 1 aromatic carbocycles. The Hall–Kier alpha value is -4.03. The number of likely N-dealkylation sites (N-methyl/N-ethyl adjacent to an activating group) is 1. The summed E-state index contributed by atoms with van der Waals surface area (Å²) in [4.78, 5) is 53.9. The van der Waals surface area contributed by atoms with Crippen molar-refractivity contribution in [3.8, 4) is 0 Å². The summed E-state index contributed by atoms with van der Waals surface area (Å²) in [5.74, 6) is -6.12. The molecule has 0 saturated carbocycles. The number of para-hydroxylation sites is 1. The fourth-order valence-corrected chi connectivity index (χ4v) is 2.20. The van der Waals surface area contributed by atoms with E-state index in [1.807, 2.05) is 30.3 Å². The lowest BCUT2D eigenvalue weighted by Gasteiger charge is -2.31. The number of benzene rings is 1. The van der Waals surface area contributed by atoms with Crippen LogP contribution in [0.15, 0.2) is 54.6 Å². The molecule has 1 aliphatic rings. The molecule has 1 heterocycles. The van der Waals surface area contributed by atoms with Crippen LogP contribution >= 0.6 is 0 Å². The average molecular weight is 461 g/mol. The van der Waals surface area contributed by atoms with Crippen LogP contribution in [0, 0.1) is 0 Å². The molecule has 0 bridgehead atoms. The van der Waals surface area contributed by atoms with Gasteiger partial charge in [0.05, 0.1) is 30.4 Å². The second kappa shape index (κ2) is 16.6. The van der Waals surface area contributed by atoms with Gasteiger partial charge in [-0.05, 0) is 43.5 Å². The van der Waals surface area contributed by atoms with Crippen molar-refractivity contribution in [2.75, 3.05) is 45.1 Å². The number of nitrogens with one attached hydrogen (secondary N) is 1. The number of carbonyl (C=O) groups excluding carboxylic acids is 5. The van der Waals surface area contributed by atoms with Gasteiger partial charge in [-0.2, -0.15) is 0 Å². The van der Waals surface area contributed by atoms with Crippen molar-refractivity contribution in [2.24, 2.45) is 0 Å². The number of carboxylic acid groups (broad SMARTS) is 4. The number of piperazine rings is 1. The van der Waals surface area contributed by atoms with Gasteiger partial charge in [-0.15, -0.1) is 0 Å². The van der Waals surface area contributed by atoms with Crippen molar-refractivity contribution >= 4 is 35.5 Å². The summed E-state index contributed by atoms with van der Waals surface area (Å²) in [6, 6.07) is 9.59. The van der Waals surface area contributed by atoms with E-state index in [2.05, 4.69) is 22.2 Å². The van der Waals surface area contributed by atoms with Gasteiger partial charge in [0, 0.05) is 31.9 Å². The topological polar surface area (TPSA) is 196 Å². The van der Waals surface area contributed by atoms with E-state index in [0.717, 1.165) is 31.9 Å². The van der Waals surface area contributed by atoms with Crippen molar-refractivity contribution in [3.63, 3.8) is 0 Å². The van der Waals surface area contributed by atoms with Crippen molar-refractivity contribution in [3.05, 3.63) is 54.6 Å².